The first kappa shape index (κ1) is 19.5. The zero-order valence-electron chi connectivity index (χ0n) is 14.8. The molecule has 0 aromatic carbocycles. The van der Waals surface area contributed by atoms with Gasteiger partial charge in [0.1, 0.15) is 5.69 Å². The smallest absolute Gasteiger partial charge is 0.355 e. The van der Waals surface area contributed by atoms with Crippen LogP contribution in [0, 0.1) is 13.8 Å². The predicted octanol–water partition coefficient (Wildman–Crippen LogP) is 0.487. The Morgan fingerprint density at radius 2 is 2.04 bits per heavy atom. The SMILES string of the molecule is Cc1[nH]c(C(=O)OCC(=O)N(C)C2CCS(=O)(=O)C2)c(C)c1C(C)O. The van der Waals surface area contributed by atoms with Crippen LogP contribution < -0.4 is 0 Å². The number of aliphatic hydroxyl groups is 1. The van der Waals surface area contributed by atoms with Crippen LogP contribution in [0.15, 0.2) is 0 Å². The van der Waals surface area contributed by atoms with Crippen LogP contribution in [0.5, 0.6) is 0 Å². The van der Waals surface area contributed by atoms with Gasteiger partial charge in [0.15, 0.2) is 16.4 Å². The van der Waals surface area contributed by atoms with E-state index in [-0.39, 0.29) is 23.2 Å². The second-order valence-electron chi connectivity index (χ2n) is 6.48. The van der Waals surface area contributed by atoms with Crippen LogP contribution in [0.3, 0.4) is 0 Å². The summed E-state index contributed by atoms with van der Waals surface area (Å²) in [4.78, 5) is 28.5. The Kier molecular flexibility index (Phi) is 5.58. The molecule has 0 saturated carbocycles. The van der Waals surface area contributed by atoms with E-state index in [0.29, 0.717) is 23.2 Å². The van der Waals surface area contributed by atoms with E-state index in [1.54, 1.807) is 20.8 Å². The summed E-state index contributed by atoms with van der Waals surface area (Å²) in [6.07, 6.45) is -0.333. The first-order chi connectivity index (χ1) is 11.5. The van der Waals surface area contributed by atoms with Crippen molar-refractivity contribution in [3.63, 3.8) is 0 Å². The number of ether oxygens (including phenoxy) is 1. The van der Waals surface area contributed by atoms with Crippen LogP contribution >= 0.6 is 0 Å². The molecule has 8 nitrogen and oxygen atoms in total. The zero-order valence-corrected chi connectivity index (χ0v) is 15.6. The van der Waals surface area contributed by atoms with E-state index in [4.69, 9.17) is 4.74 Å². The average molecular weight is 372 g/mol. The minimum atomic E-state index is -3.09. The number of H-pyrrole nitrogens is 1. The zero-order chi connectivity index (χ0) is 18.9. The predicted molar refractivity (Wildman–Crippen MR) is 91.0 cm³/mol. The first-order valence-electron chi connectivity index (χ1n) is 8.04. The van der Waals surface area contributed by atoms with Gasteiger partial charge in [0.25, 0.3) is 5.91 Å². The van der Waals surface area contributed by atoms with Gasteiger partial charge in [-0.05, 0) is 32.8 Å². The van der Waals surface area contributed by atoms with Crippen LogP contribution in [-0.4, -0.2) is 66.5 Å². The molecule has 1 aliphatic heterocycles. The molecular weight excluding hydrogens is 348 g/mol. The van der Waals surface area contributed by atoms with Crippen molar-refractivity contribution in [3.05, 3.63) is 22.5 Å². The maximum atomic E-state index is 12.2. The van der Waals surface area contributed by atoms with Gasteiger partial charge in [-0.2, -0.15) is 0 Å². The van der Waals surface area contributed by atoms with Crippen molar-refractivity contribution in [2.45, 2.75) is 39.3 Å². The third-order valence-corrected chi connectivity index (χ3v) is 6.34. The van der Waals surface area contributed by atoms with Gasteiger partial charge in [-0.1, -0.05) is 0 Å². The summed E-state index contributed by atoms with van der Waals surface area (Å²) in [5, 5.41) is 9.75. The summed E-state index contributed by atoms with van der Waals surface area (Å²) in [5.74, 6) is -1.13. The minimum absolute atomic E-state index is 0.0597. The van der Waals surface area contributed by atoms with Crippen LogP contribution in [0.25, 0.3) is 0 Å². The lowest BCUT2D eigenvalue weighted by atomic mass is 10.1. The second-order valence-corrected chi connectivity index (χ2v) is 8.71. The molecule has 2 atom stereocenters. The first-order valence-corrected chi connectivity index (χ1v) is 9.86. The summed E-state index contributed by atoms with van der Waals surface area (Å²) < 4.78 is 28.1. The van der Waals surface area contributed by atoms with E-state index >= 15 is 0 Å². The maximum Gasteiger partial charge on any atom is 0.355 e. The Labute approximate surface area is 147 Å². The van der Waals surface area contributed by atoms with Crippen molar-refractivity contribution in [2.75, 3.05) is 25.2 Å². The summed E-state index contributed by atoms with van der Waals surface area (Å²) in [6, 6.07) is -0.382. The number of rotatable bonds is 5. The normalized spacial score (nSPS) is 20.3. The largest absolute Gasteiger partial charge is 0.451 e. The number of esters is 1. The Balaban J connectivity index is 1.98. The monoisotopic (exact) mass is 372 g/mol. The number of hydrogen-bond donors (Lipinski definition) is 2. The Bertz CT molecular complexity index is 781. The number of hydrogen-bond acceptors (Lipinski definition) is 6. The Morgan fingerprint density at radius 3 is 2.52 bits per heavy atom. The molecule has 0 radical (unpaired) electrons. The van der Waals surface area contributed by atoms with Crippen molar-refractivity contribution >= 4 is 21.7 Å². The topological polar surface area (TPSA) is 117 Å². The highest BCUT2D eigenvalue weighted by atomic mass is 32.2. The number of nitrogens with one attached hydrogen (secondary N) is 1. The van der Waals surface area contributed by atoms with Crippen LogP contribution in [0.2, 0.25) is 0 Å². The Hall–Kier alpha value is -1.87. The van der Waals surface area contributed by atoms with Gasteiger partial charge < -0.3 is 19.7 Å². The highest BCUT2D eigenvalue weighted by molar-refractivity contribution is 7.91. The number of likely N-dealkylation sites (N-methyl/N-ethyl adjacent to an activating group) is 1. The van der Waals surface area contributed by atoms with Gasteiger partial charge in [-0.15, -0.1) is 0 Å². The third kappa shape index (κ3) is 4.21. The maximum absolute atomic E-state index is 12.2. The van der Waals surface area contributed by atoms with Gasteiger partial charge in [-0.3, -0.25) is 4.79 Å². The average Bonchev–Trinajstić information content (AvgIpc) is 3.02. The molecule has 1 amide bonds. The molecule has 2 heterocycles. The second kappa shape index (κ2) is 7.17. The van der Waals surface area contributed by atoms with E-state index in [9.17, 15) is 23.1 Å². The van der Waals surface area contributed by atoms with E-state index in [1.165, 1.54) is 11.9 Å². The van der Waals surface area contributed by atoms with Crippen LogP contribution in [-0.2, 0) is 19.4 Å². The van der Waals surface area contributed by atoms with Crippen molar-refractivity contribution in [1.29, 1.82) is 0 Å². The lowest BCUT2D eigenvalue weighted by molar-refractivity contribution is -0.134. The fourth-order valence-electron chi connectivity index (χ4n) is 3.18. The highest BCUT2D eigenvalue weighted by Crippen LogP contribution is 2.25. The summed E-state index contributed by atoms with van der Waals surface area (Å²) >= 11 is 0. The number of sulfone groups is 1. The number of aryl methyl sites for hydroxylation is 1. The highest BCUT2D eigenvalue weighted by Gasteiger charge is 2.33. The van der Waals surface area contributed by atoms with E-state index in [2.05, 4.69) is 4.98 Å². The number of amides is 1. The van der Waals surface area contributed by atoms with Crippen molar-refractivity contribution < 1.29 is 27.9 Å². The summed E-state index contributed by atoms with van der Waals surface area (Å²) in [7, 11) is -1.58. The van der Waals surface area contributed by atoms with Gasteiger partial charge in [0.05, 0.1) is 17.6 Å². The van der Waals surface area contributed by atoms with Gasteiger partial charge >= 0.3 is 5.97 Å². The fourth-order valence-corrected chi connectivity index (χ4v) is 4.96. The molecule has 0 bridgehead atoms. The van der Waals surface area contributed by atoms with Gasteiger partial charge in [0, 0.05) is 24.3 Å². The summed E-state index contributed by atoms with van der Waals surface area (Å²) in [5.41, 5.74) is 2.08. The number of aromatic nitrogens is 1. The molecule has 1 fully saturated rings. The van der Waals surface area contributed by atoms with Crippen molar-refractivity contribution in [3.8, 4) is 0 Å². The number of aromatic amines is 1. The summed E-state index contributed by atoms with van der Waals surface area (Å²) in [6.45, 7) is 4.57. The molecule has 2 rings (SSSR count). The third-order valence-electron chi connectivity index (χ3n) is 4.59. The van der Waals surface area contributed by atoms with Gasteiger partial charge in [0.2, 0.25) is 0 Å². The molecule has 9 heteroatoms. The quantitative estimate of drug-likeness (QED) is 0.727. The molecular formula is C16H24N2O6S. The molecule has 1 aliphatic rings. The van der Waals surface area contributed by atoms with Gasteiger partial charge in [-0.25, -0.2) is 13.2 Å². The molecule has 1 aromatic heterocycles. The van der Waals surface area contributed by atoms with E-state index < -0.39 is 34.4 Å². The molecule has 1 aromatic rings. The molecule has 2 N–H and O–H groups in total. The molecule has 2 unspecified atom stereocenters. The number of carbonyl (C=O) groups excluding carboxylic acids is 2. The molecule has 1 saturated heterocycles. The van der Waals surface area contributed by atoms with Crippen LogP contribution in [0.4, 0.5) is 0 Å². The lowest BCUT2D eigenvalue weighted by Crippen LogP contribution is -2.40. The standard InChI is InChI=1S/C16H24N2O6S/c1-9-14(11(3)19)10(2)17-15(9)16(21)24-7-13(20)18(4)12-5-6-25(22,23)8-12/h11-12,17,19H,5-8H2,1-4H3. The number of aliphatic hydroxyl groups excluding tert-OH is 1. The molecule has 0 spiro atoms. The van der Waals surface area contributed by atoms with E-state index in [1.807, 2.05) is 0 Å². The Morgan fingerprint density at radius 1 is 1.40 bits per heavy atom. The van der Waals surface area contributed by atoms with Crippen molar-refractivity contribution in [1.82, 2.24) is 9.88 Å². The lowest BCUT2D eigenvalue weighted by Gasteiger charge is -2.23. The van der Waals surface area contributed by atoms with Crippen LogP contribution in [0.1, 0.15) is 46.8 Å². The minimum Gasteiger partial charge on any atom is -0.451 e. The number of carbonyl (C=O) groups is 2. The molecule has 25 heavy (non-hydrogen) atoms. The van der Waals surface area contributed by atoms with E-state index in [0.717, 1.165) is 0 Å². The molecule has 140 valence electrons. The van der Waals surface area contributed by atoms with Crippen molar-refractivity contribution in [2.24, 2.45) is 0 Å². The molecule has 0 aliphatic carbocycles. The number of nitrogens with zero attached hydrogens (tertiary/aromatic N) is 1. The fraction of sp³-hybridized carbons (Fsp3) is 0.625.